The zero-order valence-electron chi connectivity index (χ0n) is 66.6. The van der Waals surface area contributed by atoms with Crippen molar-refractivity contribution in [2.24, 2.45) is 7.05 Å². The number of aryl methyl sites for hydroxylation is 9. The summed E-state index contributed by atoms with van der Waals surface area (Å²) in [5.41, 5.74) is 22.4. The number of imidazole rings is 1. The van der Waals surface area contributed by atoms with E-state index in [9.17, 15) is 52.8 Å². The Labute approximate surface area is 703 Å². The van der Waals surface area contributed by atoms with E-state index in [1.807, 2.05) is 11.6 Å². The van der Waals surface area contributed by atoms with E-state index >= 15 is 0 Å². The molecule has 0 spiro atoms. The first kappa shape index (κ1) is 81.6. The highest BCUT2D eigenvalue weighted by Gasteiger charge is 2.34. The lowest BCUT2D eigenvalue weighted by molar-refractivity contribution is 0.255. The molecule has 0 atom stereocenters. The van der Waals surface area contributed by atoms with Crippen molar-refractivity contribution in [3.05, 3.63) is 248 Å². The molecule has 8 aromatic heterocycles. The number of carbonyl (C=O) groups is 4. The summed E-state index contributed by atoms with van der Waals surface area (Å²) in [6, 6.07) is 18.3. The second-order valence-corrected chi connectivity index (χ2v) is 37.6. The minimum absolute atomic E-state index is 0.191. The largest absolute Gasteiger partial charge is 0.447 e. The summed E-state index contributed by atoms with van der Waals surface area (Å²) >= 11 is 0. The molecule has 0 saturated heterocycles. The summed E-state index contributed by atoms with van der Waals surface area (Å²) in [5.74, 6) is 2.13. The SMILES string of the molecule is Cn1ccnc1Cn1ccc(S(=O)(=O)NC(=O)Nc2c3c(cc4c2CCC4)CCC3)n1.O=C(Nc1c2c(cc3c1CCC3)CCC2)NS(=O)(=O)c1ccn(-c2ccccn2)n1.O=C(Nc1c2c(cc3c1CCC3)CCC2)NS(=O)(=O)c1ccn(Cc2ncccn2)n1.O=C(Nc1c2c(cc3c1CCC3)CCC2)NS(=O)(=O)c1ccn(Cc2ncco2)n1. The number of aromatic nitrogens is 14. The van der Waals surface area contributed by atoms with Crippen LogP contribution in [-0.4, -0.2) is 126 Å². The smallest absolute Gasteiger partial charge is 0.333 e. The number of nitrogens with zero attached hydrogens (tertiary/aromatic N) is 14. The Hall–Kier alpha value is -12.8. The molecule has 0 radical (unpaired) electrons. The van der Waals surface area contributed by atoms with Crippen molar-refractivity contribution in [1.29, 1.82) is 0 Å². The molecule has 39 heteroatoms. The topological polar surface area (TPSA) is 455 Å². The first-order chi connectivity index (χ1) is 58.9. The molecule has 4 aromatic carbocycles. The Kier molecular flexibility index (Phi) is 23.0. The number of nitrogens with one attached hydrogen (secondary N) is 8. The number of sulfonamides is 4. The fourth-order valence-corrected chi connectivity index (χ4v) is 21.0. The Balaban J connectivity index is 0.000000116. The van der Waals surface area contributed by atoms with Crippen molar-refractivity contribution in [1.82, 2.24) is 87.5 Å². The number of hydrogen-bond donors (Lipinski definition) is 8. The van der Waals surface area contributed by atoms with Crippen molar-refractivity contribution in [2.75, 3.05) is 21.3 Å². The first-order valence-corrected chi connectivity index (χ1v) is 46.5. The van der Waals surface area contributed by atoms with Gasteiger partial charge in [0.2, 0.25) is 5.89 Å². The molecule has 35 nitrogen and oxygen atoms in total. The van der Waals surface area contributed by atoms with Gasteiger partial charge in [-0.25, -0.2) is 67.7 Å². The second-order valence-electron chi connectivity index (χ2n) is 31.1. The monoisotopic (exact) mass is 1730 g/mol. The summed E-state index contributed by atoms with van der Waals surface area (Å²) < 4.78 is 122. The minimum Gasteiger partial charge on any atom is -0.447 e. The average Bonchev–Trinajstić information content (AvgIpc) is 1.60. The van der Waals surface area contributed by atoms with Gasteiger partial charge >= 0.3 is 24.1 Å². The summed E-state index contributed by atoms with van der Waals surface area (Å²) in [5, 5.41) is 26.6. The maximum Gasteiger partial charge on any atom is 0.333 e. The first-order valence-electron chi connectivity index (χ1n) is 40.6. The summed E-state index contributed by atoms with van der Waals surface area (Å²) in [6.45, 7) is 0.745. The number of rotatable bonds is 19. The van der Waals surface area contributed by atoms with Crippen LogP contribution >= 0.6 is 0 Å². The predicted octanol–water partition coefficient (Wildman–Crippen LogP) is 9.52. The van der Waals surface area contributed by atoms with Gasteiger partial charge in [-0.15, -0.1) is 0 Å². The second kappa shape index (κ2) is 34.4. The third-order valence-electron chi connectivity index (χ3n) is 23.1. The number of fused-ring (bicyclic) bond motifs is 8. The van der Waals surface area contributed by atoms with Gasteiger partial charge in [0.15, 0.2) is 25.9 Å². The molecule has 632 valence electrons. The Morgan fingerprint density at radius 3 is 1.01 bits per heavy atom. The van der Waals surface area contributed by atoms with Crippen molar-refractivity contribution >= 4 is 87.0 Å². The van der Waals surface area contributed by atoms with Gasteiger partial charge < -0.3 is 30.3 Å². The van der Waals surface area contributed by atoms with Gasteiger partial charge in [-0.05, 0) is 286 Å². The van der Waals surface area contributed by atoms with E-state index in [4.69, 9.17) is 4.42 Å². The number of urea groups is 4. The molecule has 0 aliphatic heterocycles. The lowest BCUT2D eigenvalue weighted by Gasteiger charge is -2.16. The fourth-order valence-electron chi connectivity index (χ4n) is 17.6. The van der Waals surface area contributed by atoms with Crippen LogP contribution < -0.4 is 40.2 Å². The van der Waals surface area contributed by atoms with E-state index in [0.29, 0.717) is 24.1 Å². The van der Waals surface area contributed by atoms with Crippen LogP contribution in [0.2, 0.25) is 0 Å². The van der Waals surface area contributed by atoms with Crippen LogP contribution in [0.5, 0.6) is 0 Å². The molecule has 0 unspecified atom stereocenters. The molecule has 0 bridgehead atoms. The molecule has 0 saturated carbocycles. The van der Waals surface area contributed by atoms with Gasteiger partial charge in [-0.3, -0.25) is 14.0 Å². The van der Waals surface area contributed by atoms with E-state index in [0.717, 1.165) is 227 Å². The van der Waals surface area contributed by atoms with Crippen molar-refractivity contribution in [3.63, 3.8) is 0 Å². The van der Waals surface area contributed by atoms with Gasteiger partial charge in [0.25, 0.3) is 40.1 Å². The van der Waals surface area contributed by atoms with E-state index in [-0.39, 0.29) is 33.2 Å². The number of carbonyl (C=O) groups excluding carboxylic acids is 4. The highest BCUT2D eigenvalue weighted by atomic mass is 32.2. The van der Waals surface area contributed by atoms with E-state index in [2.05, 4.69) is 110 Å². The lowest BCUT2D eigenvalue weighted by atomic mass is 9.99. The summed E-state index contributed by atoms with van der Waals surface area (Å²) in [7, 11) is -14.6. The van der Waals surface area contributed by atoms with E-state index in [1.165, 1.54) is 119 Å². The van der Waals surface area contributed by atoms with Crippen molar-refractivity contribution in [2.45, 2.75) is 194 Å². The molecular weight excluding hydrogens is 1640 g/mol. The molecule has 12 aromatic rings. The van der Waals surface area contributed by atoms with Gasteiger partial charge in [0.1, 0.15) is 31.0 Å². The third-order valence-corrected chi connectivity index (χ3v) is 28.0. The number of pyridine rings is 1. The number of anilines is 4. The zero-order chi connectivity index (χ0) is 84.4. The van der Waals surface area contributed by atoms with Gasteiger partial charge in [0, 0.05) is 85.6 Å². The summed E-state index contributed by atoms with van der Waals surface area (Å²) in [4.78, 5) is 71.0. The molecule has 8 aliphatic carbocycles. The predicted molar refractivity (Wildman–Crippen MR) is 446 cm³/mol. The number of benzene rings is 4. The quantitative estimate of drug-likeness (QED) is 0.0373. The van der Waals surface area contributed by atoms with E-state index < -0.39 is 64.2 Å². The third kappa shape index (κ3) is 17.9. The van der Waals surface area contributed by atoms with Crippen LogP contribution in [0.25, 0.3) is 5.82 Å². The standard InChI is InChI=1S/C21H24N6O3S.C21H22N6O3S.C21H21N5O3S.C20H21N5O4S/c1-26-11-9-22-18(26)13-27-10-8-19(24-27)31(29,30)25-21(28)23-20-16-6-2-4-14(16)12-15-5-3-7-17(15)20;28-21(24-20-16-6-1-4-14(16)12-15-5-2-7-17(15)20)26-31(29,30)19-8-11-27(25-19)13-18-22-9-3-10-23-18;27-21(23-20-16-7-3-5-14(16)13-15-6-4-8-17(15)20)25-30(28,29)19-10-12-26(24-19)18-9-1-2-11-22-18;26-20(22-19-15-5-1-3-13(15)11-14-4-2-6-16(14)19)24-30(27,28)18-7-9-25(23-18)12-17-21-8-10-29-17/h8-12H,2-7,13H2,1H3,(H2,23,25,28);3,8-12H,1-2,4-7,13H2,(H2,24,26,28);1-2,9-13H,3-8H2,(H2,23,25,27);7-11H,1-6,12H2,(H2,22,24,26). The highest BCUT2D eigenvalue weighted by molar-refractivity contribution is 7.90. The number of oxazole rings is 1. The lowest BCUT2D eigenvalue weighted by Crippen LogP contribution is -2.35. The average molecular weight is 1730 g/mol. The van der Waals surface area contributed by atoms with Crippen LogP contribution in [0.3, 0.4) is 0 Å². The Bertz CT molecular complexity index is 6410. The number of amides is 8. The van der Waals surface area contributed by atoms with Crippen molar-refractivity contribution < 1.29 is 57.3 Å². The molecular formula is C83H88N22O13S4. The summed E-state index contributed by atoms with van der Waals surface area (Å²) in [6.07, 6.45) is 40.9. The maximum absolute atomic E-state index is 12.7. The fraction of sp³-hybridized carbons (Fsp3) is 0.337. The van der Waals surface area contributed by atoms with E-state index in [1.54, 1.807) is 61.4 Å². The molecule has 0 fully saturated rings. The Morgan fingerprint density at radius 2 is 0.680 bits per heavy atom. The molecule has 8 amide bonds. The zero-order valence-corrected chi connectivity index (χ0v) is 69.8. The molecule has 8 aliphatic rings. The van der Waals surface area contributed by atoms with Gasteiger partial charge in [-0.2, -0.15) is 54.1 Å². The highest BCUT2D eigenvalue weighted by Crippen LogP contribution is 2.43. The molecule has 122 heavy (non-hydrogen) atoms. The molecule has 8 heterocycles. The molecule has 20 rings (SSSR count). The number of hydrogen-bond acceptors (Lipinski definition) is 22. The maximum atomic E-state index is 12.7. The van der Waals surface area contributed by atoms with Crippen LogP contribution in [0.15, 0.2) is 166 Å². The van der Waals surface area contributed by atoms with Crippen LogP contribution in [0.4, 0.5) is 41.9 Å². The van der Waals surface area contributed by atoms with Gasteiger partial charge in [0.05, 0.1) is 12.7 Å². The Morgan fingerprint density at radius 1 is 0.344 bits per heavy atom. The van der Waals surface area contributed by atoms with Crippen LogP contribution in [0.1, 0.15) is 158 Å². The minimum atomic E-state index is -4.12. The normalized spacial score (nSPS) is 15.0. The molecule has 8 N–H and O–H groups in total. The van der Waals surface area contributed by atoms with Gasteiger partial charge in [-0.1, -0.05) is 30.3 Å². The van der Waals surface area contributed by atoms with Crippen LogP contribution in [-0.2, 0) is 170 Å². The van der Waals surface area contributed by atoms with Crippen molar-refractivity contribution in [3.8, 4) is 5.82 Å². The van der Waals surface area contributed by atoms with Crippen LogP contribution in [0, 0.1) is 0 Å².